The second-order valence-corrected chi connectivity index (χ2v) is 12.6. The minimum absolute atomic E-state index is 0.0454. The molecule has 216 valence electrons. The Balaban J connectivity index is 1.53. The molecule has 0 radical (unpaired) electrons. The predicted octanol–water partition coefficient (Wildman–Crippen LogP) is 4.02. The van der Waals surface area contributed by atoms with E-state index < -0.39 is 82.7 Å². The quantitative estimate of drug-likeness (QED) is 0.337. The lowest BCUT2D eigenvalue weighted by molar-refractivity contribution is -0.235. The van der Waals surface area contributed by atoms with Gasteiger partial charge in [-0.3, -0.25) is 14.4 Å². The van der Waals surface area contributed by atoms with E-state index in [9.17, 15) is 19.5 Å². The van der Waals surface area contributed by atoms with Crippen molar-refractivity contribution >= 4 is 30.2 Å². The van der Waals surface area contributed by atoms with Crippen LogP contribution in [0.3, 0.4) is 0 Å². The molecule has 1 heterocycles. The van der Waals surface area contributed by atoms with Gasteiger partial charge in [-0.2, -0.15) is 12.6 Å². The van der Waals surface area contributed by atoms with Gasteiger partial charge in [0.1, 0.15) is 6.17 Å². The molecule has 3 saturated carbocycles. The zero-order valence-electron chi connectivity index (χ0n) is 22.7. The summed E-state index contributed by atoms with van der Waals surface area (Å²) < 4.78 is 51.1. The minimum Gasteiger partial charge on any atom is -0.458 e. The maximum Gasteiger partial charge on any atom is 0.306 e. The Kier molecular flexibility index (Phi) is 7.43. The molecule has 39 heavy (non-hydrogen) atoms. The van der Waals surface area contributed by atoms with E-state index in [0.717, 1.165) is 12.5 Å². The van der Waals surface area contributed by atoms with Gasteiger partial charge in [0.15, 0.2) is 29.9 Å². The molecular formula is C29H38F2O7S. The van der Waals surface area contributed by atoms with Crippen molar-refractivity contribution in [3.8, 4) is 0 Å². The van der Waals surface area contributed by atoms with Crippen molar-refractivity contribution in [2.75, 3.05) is 12.4 Å². The molecule has 1 N–H and O–H groups in total. The normalized spacial score (nSPS) is 46.1. The first kappa shape index (κ1) is 28.9. The predicted molar refractivity (Wildman–Crippen MR) is 140 cm³/mol. The van der Waals surface area contributed by atoms with Crippen molar-refractivity contribution in [2.45, 2.75) is 102 Å². The highest BCUT2D eigenvalue weighted by Crippen LogP contribution is 2.72. The maximum absolute atomic E-state index is 17.4. The molecule has 10 atom stereocenters. The molecule has 0 spiro atoms. The average molecular weight is 569 g/mol. The summed E-state index contributed by atoms with van der Waals surface area (Å²) in [4.78, 5) is 38.2. The first-order chi connectivity index (χ1) is 18.4. The number of rotatable bonds is 8. The number of aliphatic hydroxyl groups excluding tert-OH is 1. The standard InChI is InChI=1S/C29H38F2O7S/c1-4-6-25-37-23-13-17-18-12-20(30)19-11-16(32)8-9-26(19,2)28(18,31)21(33)14-27(17,3)29(23,38-25)22(34)15-36-24(35)7-5-10-39/h8-9,11,17-18,20-21,23,25,33,39H,4-7,10,12-15H2,1-3H3/t17-,18-,20-,21-,23+,25?,26-,27-,28-,29+/m0/s1. The van der Waals surface area contributed by atoms with Crippen LogP contribution in [0.5, 0.6) is 0 Å². The van der Waals surface area contributed by atoms with Gasteiger partial charge in [0.05, 0.1) is 12.2 Å². The molecule has 0 amide bonds. The number of fused-ring (bicyclic) bond motifs is 7. The third kappa shape index (κ3) is 3.95. The Morgan fingerprint density at radius 3 is 2.69 bits per heavy atom. The van der Waals surface area contributed by atoms with E-state index in [-0.39, 0.29) is 31.3 Å². The summed E-state index contributed by atoms with van der Waals surface area (Å²) in [5.74, 6) is -2.45. The Hall–Kier alpha value is -1.62. The molecule has 1 unspecified atom stereocenters. The number of ketones is 2. The second kappa shape index (κ2) is 10.0. The van der Waals surface area contributed by atoms with Gasteiger partial charge in [-0.05, 0) is 68.4 Å². The van der Waals surface area contributed by atoms with Crippen molar-refractivity contribution in [3.05, 3.63) is 23.8 Å². The first-order valence-electron chi connectivity index (χ1n) is 14.0. The van der Waals surface area contributed by atoms with Gasteiger partial charge in [0, 0.05) is 23.2 Å². The number of carbonyl (C=O) groups is 3. The fourth-order valence-electron chi connectivity index (χ4n) is 8.43. The molecule has 1 aliphatic heterocycles. The van der Waals surface area contributed by atoms with Crippen LogP contribution >= 0.6 is 12.6 Å². The number of ether oxygens (including phenoxy) is 3. The largest absolute Gasteiger partial charge is 0.458 e. The molecule has 10 heteroatoms. The number of carbonyl (C=O) groups excluding carboxylic acids is 3. The topological polar surface area (TPSA) is 99.1 Å². The summed E-state index contributed by atoms with van der Waals surface area (Å²) in [6.07, 6.45) is 0.970. The smallest absolute Gasteiger partial charge is 0.306 e. The lowest BCUT2D eigenvalue weighted by atomic mass is 9.44. The molecule has 0 aromatic carbocycles. The van der Waals surface area contributed by atoms with E-state index in [1.807, 2.05) is 6.92 Å². The van der Waals surface area contributed by atoms with Crippen molar-refractivity contribution < 1.29 is 42.5 Å². The van der Waals surface area contributed by atoms with Gasteiger partial charge < -0.3 is 19.3 Å². The average Bonchev–Trinajstić information content (AvgIpc) is 3.37. The van der Waals surface area contributed by atoms with E-state index in [2.05, 4.69) is 12.6 Å². The highest BCUT2D eigenvalue weighted by Gasteiger charge is 2.80. The third-order valence-electron chi connectivity index (χ3n) is 10.3. The van der Waals surface area contributed by atoms with E-state index in [1.165, 1.54) is 19.1 Å². The van der Waals surface area contributed by atoms with Crippen LogP contribution in [0.25, 0.3) is 0 Å². The van der Waals surface area contributed by atoms with Gasteiger partial charge in [0.25, 0.3) is 0 Å². The van der Waals surface area contributed by atoms with Crippen LogP contribution < -0.4 is 0 Å². The number of thiol groups is 1. The first-order valence-corrected chi connectivity index (χ1v) is 14.6. The maximum atomic E-state index is 17.4. The van der Waals surface area contributed by atoms with Crippen LogP contribution in [-0.2, 0) is 28.6 Å². The lowest BCUT2D eigenvalue weighted by Crippen LogP contribution is -2.71. The van der Waals surface area contributed by atoms with Crippen LogP contribution in [0, 0.1) is 22.7 Å². The molecule has 5 aliphatic rings. The van der Waals surface area contributed by atoms with Gasteiger partial charge >= 0.3 is 5.97 Å². The number of esters is 1. The second-order valence-electron chi connectivity index (χ2n) is 12.2. The van der Waals surface area contributed by atoms with Crippen LogP contribution in [0.1, 0.15) is 65.7 Å². The van der Waals surface area contributed by atoms with Gasteiger partial charge in [0.2, 0.25) is 5.78 Å². The fourth-order valence-corrected chi connectivity index (χ4v) is 8.59. The molecular weight excluding hydrogens is 530 g/mol. The third-order valence-corrected chi connectivity index (χ3v) is 10.6. The van der Waals surface area contributed by atoms with Crippen molar-refractivity contribution in [1.82, 2.24) is 0 Å². The van der Waals surface area contributed by atoms with Gasteiger partial charge in [-0.1, -0.05) is 26.3 Å². The number of hydrogen-bond acceptors (Lipinski definition) is 8. The molecule has 7 nitrogen and oxygen atoms in total. The number of Topliss-reactive ketones (excluding diaryl/α,β-unsaturated/α-hetero) is 1. The van der Waals surface area contributed by atoms with Crippen LogP contribution in [0.2, 0.25) is 0 Å². The number of halogens is 2. The Morgan fingerprint density at radius 2 is 2.00 bits per heavy atom. The van der Waals surface area contributed by atoms with Crippen molar-refractivity contribution in [3.63, 3.8) is 0 Å². The molecule has 0 bridgehead atoms. The summed E-state index contributed by atoms with van der Waals surface area (Å²) in [5.41, 5.74) is -6.43. The summed E-state index contributed by atoms with van der Waals surface area (Å²) in [6, 6.07) is 0. The number of alkyl halides is 2. The molecule has 4 fully saturated rings. The molecule has 5 rings (SSSR count). The van der Waals surface area contributed by atoms with Crippen LogP contribution in [0.4, 0.5) is 8.78 Å². The molecule has 0 aromatic heterocycles. The fraction of sp³-hybridized carbons (Fsp3) is 0.759. The highest BCUT2D eigenvalue weighted by molar-refractivity contribution is 7.80. The lowest BCUT2D eigenvalue weighted by Gasteiger charge is -2.63. The van der Waals surface area contributed by atoms with Gasteiger partial charge in [-0.15, -0.1) is 0 Å². The monoisotopic (exact) mass is 568 g/mol. The molecule has 1 saturated heterocycles. The van der Waals surface area contributed by atoms with Crippen molar-refractivity contribution in [1.29, 1.82) is 0 Å². The Bertz CT molecular complexity index is 1110. The van der Waals surface area contributed by atoms with Crippen molar-refractivity contribution in [2.24, 2.45) is 22.7 Å². The van der Waals surface area contributed by atoms with Crippen LogP contribution in [-0.4, -0.2) is 70.9 Å². The van der Waals surface area contributed by atoms with Gasteiger partial charge in [-0.25, -0.2) is 8.78 Å². The highest BCUT2D eigenvalue weighted by atomic mass is 32.1. The minimum atomic E-state index is -2.27. The summed E-state index contributed by atoms with van der Waals surface area (Å²) >= 11 is 4.10. The van der Waals surface area contributed by atoms with E-state index in [0.29, 0.717) is 18.6 Å². The van der Waals surface area contributed by atoms with E-state index in [1.54, 1.807) is 6.92 Å². The zero-order valence-corrected chi connectivity index (χ0v) is 23.6. The summed E-state index contributed by atoms with van der Waals surface area (Å²) in [7, 11) is 0. The number of allylic oxidation sites excluding steroid dienone is 4. The zero-order chi connectivity index (χ0) is 28.4. The van der Waals surface area contributed by atoms with E-state index in [4.69, 9.17) is 14.2 Å². The number of hydrogen-bond donors (Lipinski definition) is 2. The Morgan fingerprint density at radius 1 is 1.26 bits per heavy atom. The summed E-state index contributed by atoms with van der Waals surface area (Å²) in [6.45, 7) is 4.76. The van der Waals surface area contributed by atoms with E-state index >= 15 is 8.78 Å². The number of aliphatic hydroxyl groups is 1. The Labute approximate surface area is 233 Å². The summed E-state index contributed by atoms with van der Waals surface area (Å²) in [5, 5.41) is 11.6. The molecule has 0 aromatic rings. The van der Waals surface area contributed by atoms with Crippen LogP contribution in [0.15, 0.2) is 23.8 Å². The SMILES string of the molecule is CCCC1O[C@@H]2C[C@H]3[C@@H]4C[C@H](F)C5=CC(=O)C=C[C@]5(C)[C@@]4(F)[C@@H](O)C[C@]3(C)[C@]2(C(=O)COC(=O)CCCS)O1. The molecule has 4 aliphatic carbocycles.